The Morgan fingerprint density at radius 3 is 2.48 bits per heavy atom. The summed E-state index contributed by atoms with van der Waals surface area (Å²) in [7, 11) is -6.94. The van der Waals surface area contributed by atoms with E-state index in [4.69, 9.17) is 26.7 Å². The Balaban J connectivity index is 2.39. The van der Waals surface area contributed by atoms with Crippen LogP contribution in [-0.4, -0.2) is 23.9 Å². The van der Waals surface area contributed by atoms with E-state index < -0.39 is 24.9 Å². The van der Waals surface area contributed by atoms with E-state index in [2.05, 4.69) is 4.72 Å². The number of benzene rings is 2. The van der Waals surface area contributed by atoms with Crippen molar-refractivity contribution in [2.75, 3.05) is 11.8 Å². The van der Waals surface area contributed by atoms with Gasteiger partial charge < -0.3 is 4.74 Å². The molecule has 2 rings (SSSR count). The van der Waals surface area contributed by atoms with Crippen LogP contribution in [0.25, 0.3) is 6.08 Å². The third kappa shape index (κ3) is 5.45. The molecule has 0 aliphatic carbocycles. The van der Waals surface area contributed by atoms with Crippen LogP contribution in [0.3, 0.4) is 0 Å². The van der Waals surface area contributed by atoms with Crippen LogP contribution in [0.1, 0.15) is 11.1 Å². The lowest BCUT2D eigenvalue weighted by Gasteiger charge is -2.10. The molecule has 0 fully saturated rings. The minimum Gasteiger partial charge on any atom is -0.496 e. The molecule has 3 N–H and O–H groups in total. The molecular weight excluding hydrogens is 414 g/mol. The lowest BCUT2D eigenvalue weighted by atomic mass is 10.2. The van der Waals surface area contributed by atoms with Crippen LogP contribution in [0, 0.1) is 11.3 Å². The van der Waals surface area contributed by atoms with Crippen molar-refractivity contribution in [3.8, 4) is 11.8 Å². The van der Waals surface area contributed by atoms with Gasteiger partial charge in [-0.15, -0.1) is 0 Å². The van der Waals surface area contributed by atoms with Gasteiger partial charge in [0, 0.05) is 10.6 Å². The van der Waals surface area contributed by atoms with E-state index in [1.807, 2.05) is 0 Å². The zero-order chi connectivity index (χ0) is 20.2. The van der Waals surface area contributed by atoms with Gasteiger partial charge in [-0.3, -0.25) is 4.72 Å². The van der Waals surface area contributed by atoms with E-state index in [9.17, 15) is 16.8 Å². The molecule has 0 unspecified atom stereocenters. The molecule has 142 valence electrons. The number of nitrogens with two attached hydrogens (primary N) is 1. The highest BCUT2D eigenvalue weighted by Crippen LogP contribution is 2.26. The second kappa shape index (κ2) is 7.98. The Morgan fingerprint density at radius 1 is 1.19 bits per heavy atom. The second-order valence-electron chi connectivity index (χ2n) is 5.20. The van der Waals surface area contributed by atoms with Crippen molar-refractivity contribution in [1.29, 1.82) is 5.26 Å². The summed E-state index contributed by atoms with van der Waals surface area (Å²) in [5.41, 5.74) is 0.186. The van der Waals surface area contributed by atoms with Gasteiger partial charge in [-0.2, -0.15) is 5.26 Å². The number of halogens is 1. The molecule has 0 aliphatic rings. The Hall–Kier alpha value is -2.58. The SMILES string of the molecule is COc1cc(Cl)ccc1/C=C/S(=O)(=O)Nc1ccc(C#N)cc1S(N)(=O)=O. The third-order valence-corrected chi connectivity index (χ3v) is 5.48. The van der Waals surface area contributed by atoms with Gasteiger partial charge in [-0.05, 0) is 42.5 Å². The lowest BCUT2D eigenvalue weighted by molar-refractivity contribution is 0.414. The van der Waals surface area contributed by atoms with Gasteiger partial charge in [0.15, 0.2) is 0 Å². The van der Waals surface area contributed by atoms with Crippen LogP contribution in [0.4, 0.5) is 5.69 Å². The number of nitriles is 1. The second-order valence-corrected chi connectivity index (χ2v) is 8.74. The van der Waals surface area contributed by atoms with E-state index >= 15 is 0 Å². The standard InChI is InChI=1S/C16H14ClN3O5S2/c1-25-15-9-13(17)4-3-12(15)6-7-26(21,22)20-14-5-2-11(10-18)8-16(14)27(19,23)24/h2-9,20H,1H3,(H2,19,23,24)/b7-6+. The van der Waals surface area contributed by atoms with Crippen LogP contribution in [0.2, 0.25) is 5.02 Å². The van der Waals surface area contributed by atoms with Crippen molar-refractivity contribution in [2.24, 2.45) is 5.14 Å². The molecule has 0 heterocycles. The molecular formula is C16H14ClN3O5S2. The highest BCUT2D eigenvalue weighted by atomic mass is 35.5. The molecule has 0 saturated heterocycles. The van der Waals surface area contributed by atoms with Crippen molar-refractivity contribution in [3.63, 3.8) is 0 Å². The molecule has 27 heavy (non-hydrogen) atoms. The summed E-state index contributed by atoms with van der Waals surface area (Å²) in [5, 5.41) is 15.2. The topological polar surface area (TPSA) is 139 Å². The lowest BCUT2D eigenvalue weighted by Crippen LogP contribution is -2.17. The summed E-state index contributed by atoms with van der Waals surface area (Å²) in [5.74, 6) is 0.359. The maximum Gasteiger partial charge on any atom is 0.255 e. The first-order valence-corrected chi connectivity index (χ1v) is 10.6. The van der Waals surface area contributed by atoms with Crippen molar-refractivity contribution >= 4 is 43.4 Å². The number of rotatable bonds is 6. The van der Waals surface area contributed by atoms with Gasteiger partial charge in [0.25, 0.3) is 10.0 Å². The Morgan fingerprint density at radius 2 is 1.89 bits per heavy atom. The fourth-order valence-electron chi connectivity index (χ4n) is 2.08. The maximum absolute atomic E-state index is 12.3. The molecule has 0 bridgehead atoms. The molecule has 8 nitrogen and oxygen atoms in total. The number of nitrogens with one attached hydrogen (secondary N) is 1. The first-order chi connectivity index (χ1) is 12.6. The number of hydrogen-bond donors (Lipinski definition) is 2. The fourth-order valence-corrected chi connectivity index (χ4v) is 3.91. The average Bonchev–Trinajstić information content (AvgIpc) is 2.59. The molecule has 2 aromatic carbocycles. The maximum atomic E-state index is 12.3. The molecule has 0 amide bonds. The van der Waals surface area contributed by atoms with Crippen molar-refractivity contribution in [2.45, 2.75) is 4.90 Å². The van der Waals surface area contributed by atoms with E-state index in [1.165, 1.54) is 25.3 Å². The van der Waals surface area contributed by atoms with Gasteiger partial charge >= 0.3 is 0 Å². The average molecular weight is 428 g/mol. The molecule has 0 aromatic heterocycles. The number of nitrogens with zero attached hydrogens (tertiary/aromatic N) is 1. The van der Waals surface area contributed by atoms with Crippen molar-refractivity contribution < 1.29 is 21.6 Å². The zero-order valence-electron chi connectivity index (χ0n) is 13.9. The van der Waals surface area contributed by atoms with Gasteiger partial charge in [0.2, 0.25) is 10.0 Å². The highest BCUT2D eigenvalue weighted by Gasteiger charge is 2.18. The molecule has 11 heteroatoms. The number of hydrogen-bond acceptors (Lipinski definition) is 6. The Labute approximate surface area is 161 Å². The predicted molar refractivity (Wildman–Crippen MR) is 102 cm³/mol. The normalized spacial score (nSPS) is 11.9. The molecule has 0 spiro atoms. The summed E-state index contributed by atoms with van der Waals surface area (Å²) in [6.07, 6.45) is 1.26. The van der Waals surface area contributed by atoms with Crippen LogP contribution >= 0.6 is 11.6 Å². The Bertz CT molecular complexity index is 1150. The van der Waals surface area contributed by atoms with Crippen LogP contribution in [0.5, 0.6) is 5.75 Å². The summed E-state index contributed by atoms with van der Waals surface area (Å²) in [6, 6.07) is 9.78. The highest BCUT2D eigenvalue weighted by molar-refractivity contribution is 7.95. The smallest absolute Gasteiger partial charge is 0.255 e. The van der Waals surface area contributed by atoms with Crippen molar-refractivity contribution in [3.05, 3.63) is 58.0 Å². The Kier molecular flexibility index (Phi) is 6.12. The molecule has 0 aliphatic heterocycles. The van der Waals surface area contributed by atoms with E-state index in [1.54, 1.807) is 18.2 Å². The minimum atomic E-state index is -4.26. The monoisotopic (exact) mass is 427 g/mol. The largest absolute Gasteiger partial charge is 0.496 e. The number of methoxy groups -OCH3 is 1. The number of primary sulfonamides is 1. The summed E-state index contributed by atoms with van der Waals surface area (Å²) in [6.45, 7) is 0. The van der Waals surface area contributed by atoms with Gasteiger partial charge in [0.1, 0.15) is 10.6 Å². The predicted octanol–water partition coefficient (Wildman–Crippen LogP) is 2.28. The van der Waals surface area contributed by atoms with Crippen molar-refractivity contribution in [1.82, 2.24) is 0 Å². The van der Waals surface area contributed by atoms with Crippen LogP contribution < -0.4 is 14.6 Å². The summed E-state index contributed by atoms with van der Waals surface area (Å²) in [4.78, 5) is -0.511. The molecule has 0 saturated carbocycles. The first-order valence-electron chi connectivity index (χ1n) is 7.17. The summed E-state index contributed by atoms with van der Waals surface area (Å²) >= 11 is 5.85. The quantitative estimate of drug-likeness (QED) is 0.724. The molecule has 0 atom stereocenters. The number of anilines is 1. The van der Waals surface area contributed by atoms with Gasteiger partial charge in [-0.1, -0.05) is 11.6 Å². The van der Waals surface area contributed by atoms with Gasteiger partial charge in [0.05, 0.1) is 29.8 Å². The third-order valence-electron chi connectivity index (χ3n) is 3.29. The number of sulfonamides is 2. The zero-order valence-corrected chi connectivity index (χ0v) is 16.3. The van der Waals surface area contributed by atoms with Gasteiger partial charge in [-0.25, -0.2) is 22.0 Å². The molecule has 2 aromatic rings. The first kappa shape index (κ1) is 20.7. The van der Waals surface area contributed by atoms with E-state index in [0.29, 0.717) is 16.3 Å². The molecule has 0 radical (unpaired) electrons. The van der Waals surface area contributed by atoms with Crippen LogP contribution in [-0.2, 0) is 20.0 Å². The van der Waals surface area contributed by atoms with E-state index in [-0.39, 0.29) is 11.3 Å². The fraction of sp³-hybridized carbons (Fsp3) is 0.0625. The number of ether oxygens (including phenoxy) is 1. The van der Waals surface area contributed by atoms with E-state index in [0.717, 1.165) is 17.5 Å². The summed E-state index contributed by atoms with van der Waals surface area (Å²) < 4.78 is 55.2. The minimum absolute atomic E-state index is 0.0171. The van der Waals surface area contributed by atoms with Crippen LogP contribution in [0.15, 0.2) is 46.7 Å².